The first-order chi connectivity index (χ1) is 22.4. The predicted octanol–water partition coefficient (Wildman–Crippen LogP) is 4.99. The molecular formula is C28H30F3NO5. The van der Waals surface area contributed by atoms with Gasteiger partial charge in [-0.2, -0.15) is 0 Å². The summed E-state index contributed by atoms with van der Waals surface area (Å²) in [5, 5.41) is 20.3. The first-order valence-electron chi connectivity index (χ1n) is 17.7. The van der Waals surface area contributed by atoms with Crippen LogP contribution in [0.15, 0.2) is 36.3 Å². The smallest absolute Gasteiger partial charge is 0.395 e. The number of benzene rings is 2. The third kappa shape index (κ3) is 4.48. The summed E-state index contributed by atoms with van der Waals surface area (Å²) in [6.45, 7) is -4.58. The molecule has 1 aromatic heterocycles. The minimum atomic E-state index is -4.39. The van der Waals surface area contributed by atoms with Gasteiger partial charge in [-0.25, -0.2) is 4.39 Å². The molecule has 9 heteroatoms. The normalized spacial score (nSPS) is 29.0. The number of alkyl halides is 2. The zero-order valence-corrected chi connectivity index (χ0v) is 19.6. The van der Waals surface area contributed by atoms with Gasteiger partial charge in [0, 0.05) is 32.5 Å². The molecule has 1 saturated carbocycles. The van der Waals surface area contributed by atoms with Gasteiger partial charge in [0.1, 0.15) is 11.6 Å². The van der Waals surface area contributed by atoms with E-state index >= 15 is 4.39 Å². The second kappa shape index (κ2) is 8.77. The van der Waals surface area contributed by atoms with Crippen molar-refractivity contribution in [3.8, 4) is 11.5 Å². The third-order valence-corrected chi connectivity index (χ3v) is 6.49. The Bertz CT molecular complexity index is 1930. The molecular weight excluding hydrogens is 487 g/mol. The predicted molar refractivity (Wildman–Crippen MR) is 131 cm³/mol. The highest BCUT2D eigenvalue weighted by Gasteiger charge is 2.52. The van der Waals surface area contributed by atoms with Crippen molar-refractivity contribution in [3.63, 3.8) is 0 Å². The van der Waals surface area contributed by atoms with Crippen LogP contribution in [0.5, 0.6) is 11.5 Å². The van der Waals surface area contributed by atoms with Gasteiger partial charge in [0.25, 0.3) is 0 Å². The fourth-order valence-electron chi connectivity index (χ4n) is 4.20. The molecule has 0 spiro atoms. The zero-order valence-electron chi connectivity index (χ0n) is 32.6. The van der Waals surface area contributed by atoms with Crippen LogP contribution in [0.1, 0.15) is 74.5 Å². The lowest BCUT2D eigenvalue weighted by atomic mass is 9.86. The summed E-state index contributed by atoms with van der Waals surface area (Å²) in [7, 11) is 0. The van der Waals surface area contributed by atoms with Gasteiger partial charge in [-0.05, 0) is 60.6 Å². The van der Waals surface area contributed by atoms with Crippen LogP contribution in [0.4, 0.5) is 13.2 Å². The topological polar surface area (TPSA) is 80.9 Å². The monoisotopic (exact) mass is 530 g/mol. The van der Waals surface area contributed by atoms with Gasteiger partial charge in [0.15, 0.2) is 11.5 Å². The molecule has 2 atom stereocenters. The van der Waals surface area contributed by atoms with Gasteiger partial charge in [-0.3, -0.25) is 4.79 Å². The number of hydrogen-bond acceptors (Lipinski definition) is 5. The van der Waals surface area contributed by atoms with Crippen molar-refractivity contribution in [1.29, 1.82) is 0 Å². The Morgan fingerprint density at radius 2 is 2.08 bits per heavy atom. The average molecular weight is 531 g/mol. The van der Waals surface area contributed by atoms with Crippen LogP contribution in [-0.4, -0.2) is 39.5 Å². The van der Waals surface area contributed by atoms with E-state index < -0.39 is 115 Å². The summed E-state index contributed by atoms with van der Waals surface area (Å²) in [5.74, 6) is -4.87. The largest absolute Gasteiger partial charge is 0.586 e. The number of aliphatic hydroxyl groups is 2. The third-order valence-electron chi connectivity index (χ3n) is 6.49. The molecule has 1 fully saturated rings. The number of ether oxygens (including phenoxy) is 2. The van der Waals surface area contributed by atoms with E-state index in [2.05, 4.69) is 9.47 Å². The number of Topliss-reactive ketones (excluding diaryl/α,β-unsaturated/α-hetero) is 1. The summed E-state index contributed by atoms with van der Waals surface area (Å²) in [6, 6.07) is -0.563. The summed E-state index contributed by atoms with van der Waals surface area (Å²) < 4.78 is 159. The summed E-state index contributed by atoms with van der Waals surface area (Å²) in [4.78, 5) is 14.1. The van der Waals surface area contributed by atoms with E-state index in [0.717, 1.165) is 16.7 Å². The Kier molecular flexibility index (Phi) is 3.37. The standard InChI is InChI=1S/C28H30F3NO5/c1-4-26(2,3)24-10-17-9-16(20(29)13-21(17)32(24)14-19(34)15-33)11-25(35)27(7-8-27)18-5-6-22-23(12-18)37-28(30,31)36-22/h5-6,9-10,12-13,19,33-34H,4,7-8,11,14-15H2,1-3H3/t19-/m1/s1/i2D3,5D,6D,7D2,8D2,12D,15D2,19D/t19-,26?. The van der Waals surface area contributed by atoms with E-state index in [-0.39, 0.29) is 23.0 Å². The van der Waals surface area contributed by atoms with E-state index in [1.54, 1.807) is 0 Å². The Balaban J connectivity index is 1.69. The van der Waals surface area contributed by atoms with E-state index in [0.29, 0.717) is 0 Å². The van der Waals surface area contributed by atoms with E-state index in [1.807, 2.05) is 0 Å². The second-order valence-electron chi connectivity index (χ2n) is 9.04. The minimum Gasteiger partial charge on any atom is -0.395 e. The maximum atomic E-state index is 15.9. The molecule has 2 heterocycles. The lowest BCUT2D eigenvalue weighted by Crippen LogP contribution is -2.26. The van der Waals surface area contributed by atoms with E-state index in [9.17, 15) is 23.8 Å². The molecule has 2 aromatic carbocycles. The van der Waals surface area contributed by atoms with Gasteiger partial charge in [0.2, 0.25) is 0 Å². The van der Waals surface area contributed by atoms with Crippen molar-refractivity contribution >= 4 is 16.7 Å². The Labute approximate surface area is 230 Å². The highest BCUT2D eigenvalue weighted by molar-refractivity contribution is 5.95. The molecule has 1 unspecified atom stereocenters. The number of halogens is 3. The Morgan fingerprint density at radius 1 is 1.35 bits per heavy atom. The highest BCUT2D eigenvalue weighted by Crippen LogP contribution is 2.52. The maximum absolute atomic E-state index is 15.9. The maximum Gasteiger partial charge on any atom is 0.586 e. The molecule has 0 radical (unpaired) electrons. The molecule has 5 rings (SSSR count). The van der Waals surface area contributed by atoms with Crippen molar-refractivity contribution in [1.82, 2.24) is 4.57 Å². The van der Waals surface area contributed by atoms with E-state index in [4.69, 9.17) is 17.8 Å². The minimum absolute atomic E-state index is 0.0283. The Hall–Kier alpha value is -3.04. The van der Waals surface area contributed by atoms with Crippen molar-refractivity contribution < 1.29 is 55.5 Å². The molecule has 3 aromatic rings. The highest BCUT2D eigenvalue weighted by atomic mass is 19.3. The van der Waals surface area contributed by atoms with E-state index in [1.165, 1.54) is 19.9 Å². The molecule has 1 aliphatic carbocycles. The number of aromatic nitrogens is 1. The molecule has 2 aliphatic rings. The summed E-state index contributed by atoms with van der Waals surface area (Å²) in [6.07, 6.45) is -15.3. The molecule has 0 amide bonds. The fourth-order valence-corrected chi connectivity index (χ4v) is 4.20. The molecule has 198 valence electrons. The SMILES string of the molecule is [2H]c1c([2H])c(C2(C(=O)Cc3cc4cc(C(C)(CC)C([2H])([2H])[2H])n(C[C@@]([2H])(O)C([2H])([2H])O)c4cc3F)C([2H])([2H])C2([2H])[2H])c([2H])c2c1OC(F)(F)O2. The second-order valence-corrected chi connectivity index (χ2v) is 9.04. The van der Waals surface area contributed by atoms with Crippen LogP contribution < -0.4 is 9.47 Å². The van der Waals surface area contributed by atoms with Crippen LogP contribution in [0.3, 0.4) is 0 Å². The first kappa shape index (κ1) is 14.2. The summed E-state index contributed by atoms with van der Waals surface area (Å²) >= 11 is 0. The number of ketones is 1. The lowest BCUT2D eigenvalue weighted by Gasteiger charge is -2.26. The van der Waals surface area contributed by atoms with Crippen molar-refractivity contribution in [2.75, 3.05) is 6.56 Å². The summed E-state index contributed by atoms with van der Waals surface area (Å²) in [5.41, 5.74) is -6.85. The first-order valence-corrected chi connectivity index (χ1v) is 11.2. The zero-order chi connectivity index (χ0) is 38.2. The molecule has 0 saturated heterocycles. The number of carbonyl (C=O) groups is 1. The van der Waals surface area contributed by atoms with Crippen LogP contribution in [0, 0.1) is 5.82 Å². The molecule has 0 bridgehead atoms. The molecule has 6 nitrogen and oxygen atoms in total. The molecule has 1 aliphatic heterocycles. The van der Waals surface area contributed by atoms with Crippen LogP contribution in [0.2, 0.25) is 0 Å². The Morgan fingerprint density at radius 3 is 2.73 bits per heavy atom. The quantitative estimate of drug-likeness (QED) is 0.408. The van der Waals surface area contributed by atoms with Crippen molar-refractivity contribution in [3.05, 3.63) is 59.0 Å². The van der Waals surface area contributed by atoms with Crippen molar-refractivity contribution in [2.45, 2.75) is 76.0 Å². The molecule has 37 heavy (non-hydrogen) atoms. The van der Waals surface area contributed by atoms with Gasteiger partial charge in [-0.15, -0.1) is 8.78 Å². The molecule has 2 N–H and O–H groups in total. The van der Waals surface area contributed by atoms with Crippen LogP contribution in [-0.2, 0) is 28.6 Å². The van der Waals surface area contributed by atoms with Crippen molar-refractivity contribution in [2.24, 2.45) is 0 Å². The van der Waals surface area contributed by atoms with Crippen LogP contribution in [0.25, 0.3) is 10.9 Å². The van der Waals surface area contributed by atoms with Crippen LogP contribution >= 0.6 is 0 Å². The average Bonchev–Trinajstić information content (AvgIpc) is 3.27. The number of rotatable bonds is 9. The lowest BCUT2D eigenvalue weighted by molar-refractivity contribution is -0.286. The number of nitrogens with zero attached hydrogens (tertiary/aromatic N) is 1. The van der Waals surface area contributed by atoms with Gasteiger partial charge in [0.05, 0.1) is 38.3 Å². The van der Waals surface area contributed by atoms with Gasteiger partial charge >= 0.3 is 6.29 Å². The van der Waals surface area contributed by atoms with Gasteiger partial charge in [-0.1, -0.05) is 26.7 Å². The number of hydrogen-bond donors (Lipinski definition) is 2. The number of fused-ring (bicyclic) bond motifs is 2. The number of carbonyl (C=O) groups excluding carboxylic acids is 1. The van der Waals surface area contributed by atoms with Gasteiger partial charge < -0.3 is 24.3 Å². The fraction of sp³-hybridized carbons (Fsp3) is 0.464.